The van der Waals surface area contributed by atoms with Crippen LogP contribution in [0, 0.1) is 5.92 Å². The first-order chi connectivity index (χ1) is 10.6. The fourth-order valence-electron chi connectivity index (χ4n) is 2.59. The number of halogens is 2. The summed E-state index contributed by atoms with van der Waals surface area (Å²) < 4.78 is 25.4. The number of piperidine rings is 1. The van der Waals surface area contributed by atoms with E-state index in [2.05, 4.69) is 20.2 Å². The topological polar surface area (TPSA) is 58.1 Å². The largest absolute Gasteiger partial charge is 0.350 e. The molecule has 118 valence electrons. The van der Waals surface area contributed by atoms with Crippen LogP contribution >= 0.6 is 11.3 Å². The number of aromatic nitrogens is 2. The molecule has 3 heterocycles. The van der Waals surface area contributed by atoms with Gasteiger partial charge in [0.2, 0.25) is 5.91 Å². The Kier molecular flexibility index (Phi) is 4.47. The maximum atomic E-state index is 12.2. The van der Waals surface area contributed by atoms with Crippen LogP contribution in [0.5, 0.6) is 0 Å². The second-order valence-electron chi connectivity index (χ2n) is 5.26. The second kappa shape index (κ2) is 6.51. The Bertz CT molecular complexity index is 630. The van der Waals surface area contributed by atoms with Gasteiger partial charge in [0.25, 0.3) is 6.43 Å². The van der Waals surface area contributed by atoms with Crippen molar-refractivity contribution in [3.63, 3.8) is 0 Å². The van der Waals surface area contributed by atoms with Gasteiger partial charge in [0.05, 0.1) is 23.4 Å². The van der Waals surface area contributed by atoms with Crippen LogP contribution in [0.25, 0.3) is 10.2 Å². The zero-order valence-corrected chi connectivity index (χ0v) is 12.7. The first-order valence-corrected chi connectivity index (χ1v) is 7.96. The number of alkyl halides is 2. The molecule has 3 rings (SSSR count). The molecule has 2 aromatic rings. The van der Waals surface area contributed by atoms with Gasteiger partial charge >= 0.3 is 0 Å². The summed E-state index contributed by atoms with van der Waals surface area (Å²) in [6, 6.07) is 1.91. The molecule has 2 aromatic heterocycles. The van der Waals surface area contributed by atoms with Crippen molar-refractivity contribution in [3.8, 4) is 0 Å². The number of carbonyl (C=O) groups is 1. The SMILES string of the molecule is O=C(NCC(F)F)C1CCCN(c2nc3cnccc3s2)C1. The predicted octanol–water partition coefficient (Wildman–Crippen LogP) is 2.29. The summed E-state index contributed by atoms with van der Waals surface area (Å²) >= 11 is 1.56. The fraction of sp³-hybridized carbons (Fsp3) is 0.500. The molecule has 8 heteroatoms. The molecule has 5 nitrogen and oxygen atoms in total. The Balaban J connectivity index is 1.68. The van der Waals surface area contributed by atoms with Crippen molar-refractivity contribution in [1.29, 1.82) is 0 Å². The van der Waals surface area contributed by atoms with Gasteiger partial charge in [0.1, 0.15) is 5.52 Å². The summed E-state index contributed by atoms with van der Waals surface area (Å²) in [5.74, 6) is -0.564. The third-order valence-corrected chi connectivity index (χ3v) is 4.77. The Hall–Kier alpha value is -1.83. The smallest absolute Gasteiger partial charge is 0.255 e. The molecule has 1 fully saturated rings. The van der Waals surface area contributed by atoms with Gasteiger partial charge in [-0.1, -0.05) is 11.3 Å². The third kappa shape index (κ3) is 3.32. The average Bonchev–Trinajstić information content (AvgIpc) is 2.96. The van der Waals surface area contributed by atoms with Gasteiger partial charge in [-0.05, 0) is 18.9 Å². The van der Waals surface area contributed by atoms with Gasteiger partial charge < -0.3 is 10.2 Å². The van der Waals surface area contributed by atoms with Crippen molar-refractivity contribution in [1.82, 2.24) is 15.3 Å². The molecule has 0 bridgehead atoms. The van der Waals surface area contributed by atoms with Crippen LogP contribution in [0.4, 0.5) is 13.9 Å². The number of hydrogen-bond donors (Lipinski definition) is 1. The van der Waals surface area contributed by atoms with E-state index in [1.807, 2.05) is 6.07 Å². The van der Waals surface area contributed by atoms with Gasteiger partial charge in [-0.25, -0.2) is 13.8 Å². The van der Waals surface area contributed by atoms with Crippen molar-refractivity contribution in [3.05, 3.63) is 18.5 Å². The number of thiazole rings is 1. The molecule has 1 aliphatic rings. The standard InChI is InChI=1S/C14H16F2N4OS/c15-12(16)7-18-13(21)9-2-1-5-20(8-9)14-19-10-6-17-4-3-11(10)22-14/h3-4,6,9,12H,1-2,5,7-8H2,(H,18,21). The number of hydrogen-bond acceptors (Lipinski definition) is 5. The molecule has 0 spiro atoms. The zero-order valence-electron chi connectivity index (χ0n) is 11.8. The van der Waals surface area contributed by atoms with Crippen LogP contribution in [0.2, 0.25) is 0 Å². The maximum Gasteiger partial charge on any atom is 0.255 e. The molecule has 1 unspecified atom stereocenters. The van der Waals surface area contributed by atoms with Crippen molar-refractivity contribution < 1.29 is 13.6 Å². The highest BCUT2D eigenvalue weighted by atomic mass is 32.1. The minimum atomic E-state index is -2.51. The quantitative estimate of drug-likeness (QED) is 0.936. The lowest BCUT2D eigenvalue weighted by molar-refractivity contribution is -0.125. The van der Waals surface area contributed by atoms with Crippen LogP contribution < -0.4 is 10.2 Å². The van der Waals surface area contributed by atoms with Gasteiger partial charge in [-0.3, -0.25) is 9.78 Å². The van der Waals surface area contributed by atoms with Crippen molar-refractivity contribution in [2.75, 3.05) is 24.5 Å². The first kappa shape index (κ1) is 15.1. The molecule has 1 aliphatic heterocycles. The molecule has 1 atom stereocenters. The van der Waals surface area contributed by atoms with Gasteiger partial charge in [-0.2, -0.15) is 0 Å². The number of nitrogens with zero attached hydrogens (tertiary/aromatic N) is 3. The normalized spacial score (nSPS) is 18.9. The highest BCUT2D eigenvalue weighted by Crippen LogP contribution is 2.31. The lowest BCUT2D eigenvalue weighted by atomic mass is 9.97. The summed E-state index contributed by atoms with van der Waals surface area (Å²) in [6.07, 6.45) is 2.49. The lowest BCUT2D eigenvalue weighted by Gasteiger charge is -2.31. The van der Waals surface area contributed by atoms with E-state index in [1.54, 1.807) is 23.7 Å². The number of carbonyl (C=O) groups excluding carboxylic acids is 1. The minimum Gasteiger partial charge on any atom is -0.350 e. The van der Waals surface area contributed by atoms with E-state index >= 15 is 0 Å². The summed E-state index contributed by atoms with van der Waals surface area (Å²) in [7, 11) is 0. The lowest BCUT2D eigenvalue weighted by Crippen LogP contribution is -2.44. The number of fused-ring (bicyclic) bond motifs is 1. The van der Waals surface area contributed by atoms with Crippen LogP contribution in [-0.4, -0.2) is 41.9 Å². The molecular weight excluding hydrogens is 310 g/mol. The Morgan fingerprint density at radius 1 is 1.55 bits per heavy atom. The Morgan fingerprint density at radius 2 is 2.41 bits per heavy atom. The van der Waals surface area contributed by atoms with E-state index in [-0.39, 0.29) is 11.8 Å². The molecule has 0 aromatic carbocycles. The molecule has 0 saturated carbocycles. The van der Waals surface area contributed by atoms with Gasteiger partial charge in [0.15, 0.2) is 5.13 Å². The fourth-order valence-corrected chi connectivity index (χ4v) is 3.56. The first-order valence-electron chi connectivity index (χ1n) is 7.15. The highest BCUT2D eigenvalue weighted by molar-refractivity contribution is 7.22. The number of nitrogens with one attached hydrogen (secondary N) is 1. The number of pyridine rings is 1. The predicted molar refractivity (Wildman–Crippen MR) is 81.4 cm³/mol. The molecule has 1 N–H and O–H groups in total. The molecule has 0 aliphatic carbocycles. The van der Waals surface area contributed by atoms with Crippen LogP contribution in [0.3, 0.4) is 0 Å². The van der Waals surface area contributed by atoms with Gasteiger partial charge in [-0.15, -0.1) is 0 Å². The minimum absolute atomic E-state index is 0.266. The van der Waals surface area contributed by atoms with Crippen molar-refractivity contribution >= 4 is 32.6 Å². The van der Waals surface area contributed by atoms with Crippen molar-refractivity contribution in [2.24, 2.45) is 5.92 Å². The van der Waals surface area contributed by atoms with Crippen LogP contribution in [0.15, 0.2) is 18.5 Å². The molecule has 22 heavy (non-hydrogen) atoms. The summed E-state index contributed by atoms with van der Waals surface area (Å²) in [4.78, 5) is 22.6. The Labute approximate surface area is 130 Å². The molecular formula is C14H16F2N4OS. The third-order valence-electron chi connectivity index (χ3n) is 3.67. The Morgan fingerprint density at radius 3 is 3.18 bits per heavy atom. The van der Waals surface area contributed by atoms with E-state index in [0.29, 0.717) is 6.54 Å². The second-order valence-corrected chi connectivity index (χ2v) is 6.27. The van der Waals surface area contributed by atoms with E-state index in [1.165, 1.54) is 0 Å². The van der Waals surface area contributed by atoms with E-state index in [0.717, 1.165) is 34.7 Å². The molecule has 1 saturated heterocycles. The monoisotopic (exact) mass is 326 g/mol. The number of anilines is 1. The van der Waals surface area contributed by atoms with Crippen LogP contribution in [0.1, 0.15) is 12.8 Å². The average molecular weight is 326 g/mol. The highest BCUT2D eigenvalue weighted by Gasteiger charge is 2.27. The molecule has 0 radical (unpaired) electrons. The number of rotatable bonds is 4. The summed E-state index contributed by atoms with van der Waals surface area (Å²) in [5.41, 5.74) is 0.840. The van der Waals surface area contributed by atoms with E-state index < -0.39 is 13.0 Å². The molecule has 1 amide bonds. The zero-order chi connectivity index (χ0) is 15.5. The van der Waals surface area contributed by atoms with E-state index in [9.17, 15) is 13.6 Å². The number of amides is 1. The van der Waals surface area contributed by atoms with E-state index in [4.69, 9.17) is 0 Å². The summed E-state index contributed by atoms with van der Waals surface area (Å²) in [5, 5.41) is 3.16. The maximum absolute atomic E-state index is 12.2. The van der Waals surface area contributed by atoms with Crippen LogP contribution in [-0.2, 0) is 4.79 Å². The summed E-state index contributed by atoms with van der Waals surface area (Å²) in [6.45, 7) is 0.760. The van der Waals surface area contributed by atoms with Crippen molar-refractivity contribution in [2.45, 2.75) is 19.3 Å². The van der Waals surface area contributed by atoms with Gasteiger partial charge in [0, 0.05) is 19.3 Å².